The molecule has 6 nitrogen and oxygen atoms in total. The first-order valence-corrected chi connectivity index (χ1v) is 8.66. The van der Waals surface area contributed by atoms with Crippen LogP contribution in [0.25, 0.3) is 10.9 Å². The number of carbonyl (C=O) groups excluding carboxylic acids is 1. The molecule has 0 atom stereocenters. The van der Waals surface area contributed by atoms with E-state index in [-0.39, 0.29) is 29.4 Å². The molecular formula is C19H23FN2O4. The number of aromatic nitrogens is 1. The van der Waals surface area contributed by atoms with Gasteiger partial charge in [-0.2, -0.15) is 0 Å². The molecule has 1 aromatic heterocycles. The molecule has 2 heterocycles. The molecule has 0 aliphatic carbocycles. The van der Waals surface area contributed by atoms with Gasteiger partial charge in [0, 0.05) is 17.0 Å². The molecular weight excluding hydrogens is 339 g/mol. The van der Waals surface area contributed by atoms with E-state index in [9.17, 15) is 19.1 Å². The van der Waals surface area contributed by atoms with E-state index >= 15 is 0 Å². The van der Waals surface area contributed by atoms with E-state index in [0.29, 0.717) is 16.8 Å². The third-order valence-electron chi connectivity index (χ3n) is 5.24. The van der Waals surface area contributed by atoms with Crippen molar-refractivity contribution in [2.45, 2.75) is 26.2 Å². The van der Waals surface area contributed by atoms with Crippen LogP contribution in [0.1, 0.15) is 28.9 Å². The minimum Gasteiger partial charge on any atom is -0.494 e. The van der Waals surface area contributed by atoms with Crippen molar-refractivity contribution < 1.29 is 23.8 Å². The molecule has 1 fully saturated rings. The standard InChI is InChI=1S/C19H23FN2O4/c1-11-13(10-16(23)24)17-14(4-5-15(26-3)18(17)20)22(11)19(25)12-6-8-21(2)9-7-12/h4-5,12H,6-10H2,1-3H3,(H,23,24). The Kier molecular flexibility index (Phi) is 5.00. The van der Waals surface area contributed by atoms with E-state index in [1.165, 1.54) is 17.7 Å². The van der Waals surface area contributed by atoms with Gasteiger partial charge in [0.25, 0.3) is 0 Å². The molecule has 0 saturated carbocycles. The predicted molar refractivity (Wildman–Crippen MR) is 95.4 cm³/mol. The third kappa shape index (κ3) is 3.07. The Morgan fingerprint density at radius 1 is 1.31 bits per heavy atom. The number of likely N-dealkylation sites (tertiary alicyclic amines) is 1. The maximum absolute atomic E-state index is 14.9. The predicted octanol–water partition coefficient (Wildman–Crippen LogP) is 2.71. The van der Waals surface area contributed by atoms with Crippen LogP contribution in [0.2, 0.25) is 0 Å². The highest BCUT2D eigenvalue weighted by Crippen LogP contribution is 2.34. The lowest BCUT2D eigenvalue weighted by atomic mass is 9.96. The third-order valence-corrected chi connectivity index (χ3v) is 5.24. The van der Waals surface area contributed by atoms with E-state index in [0.717, 1.165) is 25.9 Å². The van der Waals surface area contributed by atoms with Crippen LogP contribution < -0.4 is 4.74 Å². The maximum atomic E-state index is 14.9. The summed E-state index contributed by atoms with van der Waals surface area (Å²) in [7, 11) is 3.37. The number of nitrogens with zero attached hydrogens (tertiary/aromatic N) is 2. The summed E-state index contributed by atoms with van der Waals surface area (Å²) in [6.45, 7) is 3.34. The van der Waals surface area contributed by atoms with Gasteiger partial charge in [-0.25, -0.2) is 4.39 Å². The molecule has 2 aromatic rings. The van der Waals surface area contributed by atoms with Crippen LogP contribution in [0, 0.1) is 18.7 Å². The summed E-state index contributed by atoms with van der Waals surface area (Å²) in [5.74, 6) is -1.90. The van der Waals surface area contributed by atoms with Gasteiger partial charge < -0.3 is 14.7 Å². The molecule has 3 rings (SSSR count). The summed E-state index contributed by atoms with van der Waals surface area (Å²) in [4.78, 5) is 26.6. The molecule has 1 aliphatic rings. The van der Waals surface area contributed by atoms with Gasteiger partial charge in [0.05, 0.1) is 19.0 Å². The zero-order valence-electron chi connectivity index (χ0n) is 15.2. The number of methoxy groups -OCH3 is 1. The molecule has 26 heavy (non-hydrogen) atoms. The summed E-state index contributed by atoms with van der Waals surface area (Å²) in [5, 5.41) is 9.40. The molecule has 1 saturated heterocycles. The van der Waals surface area contributed by atoms with Crippen molar-refractivity contribution in [3.05, 3.63) is 29.2 Å². The SMILES string of the molecule is COc1ccc2c(c1F)c(CC(=O)O)c(C)n2C(=O)C1CCN(C)CC1. The second-order valence-corrected chi connectivity index (χ2v) is 6.86. The van der Waals surface area contributed by atoms with Crippen molar-refractivity contribution in [3.8, 4) is 5.75 Å². The summed E-state index contributed by atoms with van der Waals surface area (Å²) < 4.78 is 21.4. The van der Waals surface area contributed by atoms with Crippen molar-refractivity contribution in [1.82, 2.24) is 9.47 Å². The molecule has 140 valence electrons. The number of benzene rings is 1. The zero-order valence-corrected chi connectivity index (χ0v) is 15.2. The van der Waals surface area contributed by atoms with Gasteiger partial charge in [-0.3, -0.25) is 14.2 Å². The minimum absolute atomic E-state index is 0.0352. The van der Waals surface area contributed by atoms with Crippen molar-refractivity contribution in [2.75, 3.05) is 27.2 Å². The number of hydrogen-bond acceptors (Lipinski definition) is 4. The highest BCUT2D eigenvalue weighted by atomic mass is 19.1. The van der Waals surface area contributed by atoms with Crippen molar-refractivity contribution in [2.24, 2.45) is 5.92 Å². The first-order valence-electron chi connectivity index (χ1n) is 8.66. The monoisotopic (exact) mass is 362 g/mol. The van der Waals surface area contributed by atoms with Gasteiger partial charge in [0.2, 0.25) is 5.91 Å². The molecule has 1 aliphatic heterocycles. The first-order chi connectivity index (χ1) is 12.3. The largest absolute Gasteiger partial charge is 0.494 e. The number of carboxylic acids is 1. The Labute approximate surface area is 151 Å². The maximum Gasteiger partial charge on any atom is 0.307 e. The highest BCUT2D eigenvalue weighted by Gasteiger charge is 2.30. The number of carbonyl (C=O) groups is 2. The van der Waals surface area contributed by atoms with Gasteiger partial charge in [0.1, 0.15) is 0 Å². The number of fused-ring (bicyclic) bond motifs is 1. The normalized spacial score (nSPS) is 16.2. The Bertz CT molecular complexity index is 866. The lowest BCUT2D eigenvalue weighted by molar-refractivity contribution is -0.136. The second kappa shape index (κ2) is 7.07. The molecule has 1 N–H and O–H groups in total. The quantitative estimate of drug-likeness (QED) is 0.905. The first kappa shape index (κ1) is 18.4. The Morgan fingerprint density at radius 2 is 1.96 bits per heavy atom. The van der Waals surface area contributed by atoms with E-state index in [1.807, 2.05) is 7.05 Å². The van der Waals surface area contributed by atoms with Crippen molar-refractivity contribution in [1.29, 1.82) is 0 Å². The Morgan fingerprint density at radius 3 is 2.54 bits per heavy atom. The van der Waals surface area contributed by atoms with Gasteiger partial charge >= 0.3 is 5.97 Å². The highest BCUT2D eigenvalue weighted by molar-refractivity contribution is 5.99. The molecule has 0 radical (unpaired) electrons. The summed E-state index contributed by atoms with van der Waals surface area (Å²) in [5.41, 5.74) is 1.21. The minimum atomic E-state index is -1.07. The van der Waals surface area contributed by atoms with Gasteiger partial charge in [-0.1, -0.05) is 0 Å². The number of ether oxygens (including phenoxy) is 1. The van der Waals surface area contributed by atoms with Crippen LogP contribution in [0.5, 0.6) is 5.75 Å². The fourth-order valence-electron chi connectivity index (χ4n) is 3.76. The topological polar surface area (TPSA) is 71.8 Å². The van der Waals surface area contributed by atoms with E-state index in [2.05, 4.69) is 4.90 Å². The van der Waals surface area contributed by atoms with Gasteiger partial charge in [-0.05, 0) is 57.6 Å². The van der Waals surface area contributed by atoms with E-state index in [4.69, 9.17) is 4.74 Å². The van der Waals surface area contributed by atoms with Crippen LogP contribution in [-0.4, -0.2) is 53.7 Å². The molecule has 0 spiro atoms. The van der Waals surface area contributed by atoms with E-state index in [1.54, 1.807) is 13.0 Å². The van der Waals surface area contributed by atoms with Crippen LogP contribution in [0.3, 0.4) is 0 Å². The number of aliphatic carboxylic acids is 1. The zero-order chi connectivity index (χ0) is 19.0. The summed E-state index contributed by atoms with van der Waals surface area (Å²) in [6.07, 6.45) is 1.13. The van der Waals surface area contributed by atoms with Crippen LogP contribution in [0.15, 0.2) is 12.1 Å². The smallest absolute Gasteiger partial charge is 0.307 e. The number of carboxylic acid groups (broad SMARTS) is 1. The van der Waals surface area contributed by atoms with Crippen LogP contribution in [-0.2, 0) is 11.2 Å². The number of halogens is 1. The Hall–Kier alpha value is -2.41. The van der Waals surface area contributed by atoms with Gasteiger partial charge in [-0.15, -0.1) is 0 Å². The number of rotatable bonds is 4. The summed E-state index contributed by atoms with van der Waals surface area (Å²) >= 11 is 0. The Balaban J connectivity index is 2.16. The van der Waals surface area contributed by atoms with E-state index < -0.39 is 11.8 Å². The molecule has 0 amide bonds. The van der Waals surface area contributed by atoms with Crippen LogP contribution >= 0.6 is 0 Å². The molecule has 1 aromatic carbocycles. The summed E-state index contributed by atoms with van der Waals surface area (Å²) in [6, 6.07) is 3.10. The number of piperidine rings is 1. The fraction of sp³-hybridized carbons (Fsp3) is 0.474. The van der Waals surface area contributed by atoms with Crippen molar-refractivity contribution >= 4 is 22.8 Å². The molecule has 0 unspecified atom stereocenters. The average Bonchev–Trinajstić information content (AvgIpc) is 2.87. The van der Waals surface area contributed by atoms with Gasteiger partial charge in [0.15, 0.2) is 11.6 Å². The lowest BCUT2D eigenvalue weighted by Crippen LogP contribution is -2.35. The average molecular weight is 362 g/mol. The van der Waals surface area contributed by atoms with Crippen LogP contribution in [0.4, 0.5) is 4.39 Å². The second-order valence-electron chi connectivity index (χ2n) is 6.86. The molecule has 7 heteroatoms. The van der Waals surface area contributed by atoms with Crippen molar-refractivity contribution in [3.63, 3.8) is 0 Å². The fourth-order valence-corrected chi connectivity index (χ4v) is 3.76. The lowest BCUT2D eigenvalue weighted by Gasteiger charge is -2.28. The molecule has 0 bridgehead atoms. The number of hydrogen-bond donors (Lipinski definition) is 1.